The SMILES string of the molecule is Cc1nc(C[C@@H]2CC[C@H](NC(=O)c3cc(F)c(F)c(F)c3)C2)nc2c1NC(=O)[C@H](C)N2C.Cc1nc(C[C@H]2CC[C@@H](NC(=O)c3cc(F)c(F)c(F)c3)C2)nc2c1NC(=O)[C@H](C)N2C. The second-order valence-electron chi connectivity index (χ2n) is 17.0. The van der Waals surface area contributed by atoms with Gasteiger partial charge in [0.1, 0.15) is 35.1 Å². The molecule has 6 atom stereocenters. The molecule has 0 radical (unpaired) electrons. The molecule has 4 heterocycles. The van der Waals surface area contributed by atoms with Gasteiger partial charge in [-0.25, -0.2) is 46.3 Å². The number of hydrogen-bond donors (Lipinski definition) is 4. The number of aromatic nitrogens is 4. The summed E-state index contributed by atoms with van der Waals surface area (Å²) in [6, 6.07) is 1.78. The number of amides is 4. The van der Waals surface area contributed by atoms with Gasteiger partial charge in [0.2, 0.25) is 11.8 Å². The Morgan fingerprint density at radius 3 is 1.30 bits per heavy atom. The summed E-state index contributed by atoms with van der Waals surface area (Å²) >= 11 is 0. The summed E-state index contributed by atoms with van der Waals surface area (Å²) in [5.41, 5.74) is 2.13. The fourth-order valence-corrected chi connectivity index (χ4v) is 8.60. The maximum absolute atomic E-state index is 13.4. The average Bonchev–Trinajstić information content (AvgIpc) is 3.89. The second kappa shape index (κ2) is 18.4. The van der Waals surface area contributed by atoms with E-state index >= 15 is 0 Å². The van der Waals surface area contributed by atoms with E-state index in [0.29, 0.717) is 109 Å². The highest BCUT2D eigenvalue weighted by molar-refractivity contribution is 6.03. The molecule has 8 rings (SSSR count). The van der Waals surface area contributed by atoms with E-state index in [-0.39, 0.29) is 58.9 Å². The van der Waals surface area contributed by atoms with Gasteiger partial charge in [-0.05, 0) is 102 Å². The van der Waals surface area contributed by atoms with Crippen molar-refractivity contribution in [1.29, 1.82) is 0 Å². The van der Waals surface area contributed by atoms with Crippen molar-refractivity contribution in [2.75, 3.05) is 34.5 Å². The molecule has 2 aromatic carbocycles. The number of carbonyl (C=O) groups is 4. The Labute approximate surface area is 365 Å². The Bertz CT molecular complexity index is 2310. The van der Waals surface area contributed by atoms with Gasteiger partial charge in [0, 0.05) is 50.1 Å². The highest BCUT2D eigenvalue weighted by Crippen LogP contribution is 2.35. The normalized spacial score (nSPS) is 22.5. The average molecular weight is 895 g/mol. The number of likely N-dealkylation sites (N-methyl/N-ethyl adjacent to an activating group) is 2. The molecule has 2 aromatic heterocycles. The van der Waals surface area contributed by atoms with Crippen molar-refractivity contribution in [1.82, 2.24) is 30.6 Å². The van der Waals surface area contributed by atoms with Crippen LogP contribution < -0.4 is 31.1 Å². The summed E-state index contributed by atoms with van der Waals surface area (Å²) in [4.78, 5) is 70.9. The topological polar surface area (TPSA) is 174 Å². The number of aryl methyl sites for hydroxylation is 2. The lowest BCUT2D eigenvalue weighted by Gasteiger charge is -2.32. The molecule has 0 saturated heterocycles. The van der Waals surface area contributed by atoms with Crippen molar-refractivity contribution in [3.8, 4) is 0 Å². The molecule has 4 aliphatic rings. The predicted molar refractivity (Wildman–Crippen MR) is 224 cm³/mol. The van der Waals surface area contributed by atoms with Crippen molar-refractivity contribution in [2.24, 2.45) is 11.8 Å². The molecule has 340 valence electrons. The third kappa shape index (κ3) is 9.59. The van der Waals surface area contributed by atoms with E-state index in [0.717, 1.165) is 12.8 Å². The second-order valence-corrected chi connectivity index (χ2v) is 17.0. The summed E-state index contributed by atoms with van der Waals surface area (Å²) < 4.78 is 79.9. The molecule has 4 amide bonds. The summed E-state index contributed by atoms with van der Waals surface area (Å²) in [6.07, 6.45) is 5.63. The van der Waals surface area contributed by atoms with Crippen LogP contribution in [0.15, 0.2) is 24.3 Å². The molecule has 0 bridgehead atoms. The third-order valence-corrected chi connectivity index (χ3v) is 12.5. The lowest BCUT2D eigenvalue weighted by molar-refractivity contribution is -0.118. The molecule has 0 spiro atoms. The molecule has 4 N–H and O–H groups in total. The molecule has 2 saturated carbocycles. The van der Waals surface area contributed by atoms with E-state index < -0.39 is 46.7 Å². The van der Waals surface area contributed by atoms with Gasteiger partial charge in [-0.1, -0.05) is 0 Å². The van der Waals surface area contributed by atoms with Gasteiger partial charge in [-0.2, -0.15) is 0 Å². The van der Waals surface area contributed by atoms with Crippen LogP contribution >= 0.6 is 0 Å². The third-order valence-electron chi connectivity index (χ3n) is 12.5. The molecule has 0 unspecified atom stereocenters. The lowest BCUT2D eigenvalue weighted by Crippen LogP contribution is -2.45. The van der Waals surface area contributed by atoms with Crippen molar-refractivity contribution < 1.29 is 45.5 Å². The first-order chi connectivity index (χ1) is 30.3. The number of carbonyl (C=O) groups excluding carboxylic acids is 4. The van der Waals surface area contributed by atoms with Gasteiger partial charge in [-0.15, -0.1) is 0 Å². The molecule has 2 aliphatic heterocycles. The van der Waals surface area contributed by atoms with E-state index in [1.165, 1.54) is 0 Å². The Kier molecular flexibility index (Phi) is 13.1. The highest BCUT2D eigenvalue weighted by atomic mass is 19.2. The Balaban J connectivity index is 0.000000191. The van der Waals surface area contributed by atoms with Crippen LogP contribution in [0.3, 0.4) is 0 Å². The number of nitrogens with one attached hydrogen (secondary N) is 4. The van der Waals surface area contributed by atoms with Gasteiger partial charge in [-0.3, -0.25) is 19.2 Å². The van der Waals surface area contributed by atoms with Gasteiger partial charge in [0.25, 0.3) is 11.8 Å². The lowest BCUT2D eigenvalue weighted by atomic mass is 10.0. The number of rotatable bonds is 8. The first-order valence-electron chi connectivity index (χ1n) is 21.0. The van der Waals surface area contributed by atoms with E-state index in [2.05, 4.69) is 41.2 Å². The monoisotopic (exact) mass is 894 g/mol. The molecule has 64 heavy (non-hydrogen) atoms. The standard InChI is InChI=1S/2C22H24F3N5O2/c2*1-10-19-20(30(3)11(2)21(31)29-19)28-17(26-10)7-12-4-5-14(6-12)27-22(32)13-8-15(23)18(25)16(24)9-13/h2*8-9,11-12,14H,4-7H2,1-3H3,(H,27,32)(H,29,31)/t11-,12+,14-;11-,12-,14+/m00/s1. The molecule has 4 aromatic rings. The smallest absolute Gasteiger partial charge is 0.251 e. The minimum absolute atomic E-state index is 0.102. The summed E-state index contributed by atoms with van der Waals surface area (Å²) in [6.45, 7) is 7.26. The number of hydrogen-bond acceptors (Lipinski definition) is 10. The summed E-state index contributed by atoms with van der Waals surface area (Å²) in [5.74, 6) is -7.11. The minimum Gasteiger partial charge on any atom is -0.349 e. The number of anilines is 4. The van der Waals surface area contributed by atoms with Crippen LogP contribution in [0.25, 0.3) is 0 Å². The van der Waals surface area contributed by atoms with Crippen LogP contribution in [0.1, 0.15) is 96.1 Å². The van der Waals surface area contributed by atoms with Crippen LogP contribution in [-0.2, 0) is 22.4 Å². The van der Waals surface area contributed by atoms with Crippen LogP contribution in [-0.4, -0.2) is 81.8 Å². The largest absolute Gasteiger partial charge is 0.349 e. The fourth-order valence-electron chi connectivity index (χ4n) is 8.60. The number of benzene rings is 2. The van der Waals surface area contributed by atoms with E-state index in [1.54, 1.807) is 13.8 Å². The van der Waals surface area contributed by atoms with Crippen LogP contribution in [0.2, 0.25) is 0 Å². The molecular formula is C44H48F6N10O4. The van der Waals surface area contributed by atoms with E-state index in [4.69, 9.17) is 0 Å². The number of halogens is 6. The number of nitrogens with zero attached hydrogens (tertiary/aromatic N) is 6. The first-order valence-corrected chi connectivity index (χ1v) is 21.0. The molecule has 20 heteroatoms. The zero-order chi connectivity index (χ0) is 46.3. The molecule has 14 nitrogen and oxygen atoms in total. The van der Waals surface area contributed by atoms with Gasteiger partial charge >= 0.3 is 0 Å². The molecule has 2 aliphatic carbocycles. The predicted octanol–water partition coefficient (Wildman–Crippen LogP) is 6.24. The van der Waals surface area contributed by atoms with E-state index in [1.807, 2.05) is 37.7 Å². The minimum atomic E-state index is -1.59. The van der Waals surface area contributed by atoms with Crippen molar-refractivity contribution >= 4 is 46.6 Å². The summed E-state index contributed by atoms with van der Waals surface area (Å²) in [5, 5.41) is 11.3. The Morgan fingerprint density at radius 2 is 0.953 bits per heavy atom. The van der Waals surface area contributed by atoms with Gasteiger partial charge < -0.3 is 31.1 Å². The van der Waals surface area contributed by atoms with E-state index in [9.17, 15) is 45.5 Å². The zero-order valence-corrected chi connectivity index (χ0v) is 36.0. The zero-order valence-electron chi connectivity index (χ0n) is 36.0. The van der Waals surface area contributed by atoms with Gasteiger partial charge in [0.05, 0.1) is 11.4 Å². The van der Waals surface area contributed by atoms with Crippen LogP contribution in [0.5, 0.6) is 0 Å². The van der Waals surface area contributed by atoms with Crippen LogP contribution in [0.4, 0.5) is 49.4 Å². The van der Waals surface area contributed by atoms with Crippen molar-refractivity contribution in [2.45, 2.75) is 103 Å². The highest BCUT2D eigenvalue weighted by Gasteiger charge is 2.34. The van der Waals surface area contributed by atoms with Crippen LogP contribution in [0, 0.1) is 60.6 Å². The van der Waals surface area contributed by atoms with Crippen molar-refractivity contribution in [3.63, 3.8) is 0 Å². The molecule has 2 fully saturated rings. The van der Waals surface area contributed by atoms with Gasteiger partial charge in [0.15, 0.2) is 46.5 Å². The fraction of sp³-hybridized carbons (Fsp3) is 0.455. The maximum Gasteiger partial charge on any atom is 0.251 e. The summed E-state index contributed by atoms with van der Waals surface area (Å²) in [7, 11) is 3.64. The Hall–Kier alpha value is -6.34. The quantitative estimate of drug-likeness (QED) is 0.117. The molecular weight excluding hydrogens is 847 g/mol. The number of fused-ring (bicyclic) bond motifs is 2. The Morgan fingerprint density at radius 1 is 0.609 bits per heavy atom. The van der Waals surface area contributed by atoms with Crippen molar-refractivity contribution in [3.05, 3.63) is 93.3 Å². The first kappa shape index (κ1) is 45.7. The maximum atomic E-state index is 13.4.